The molecule has 0 radical (unpaired) electrons. The lowest BCUT2D eigenvalue weighted by Gasteiger charge is -2.27. The van der Waals surface area contributed by atoms with E-state index in [-0.39, 0.29) is 6.10 Å². The highest BCUT2D eigenvalue weighted by molar-refractivity contribution is 9.10. The summed E-state index contributed by atoms with van der Waals surface area (Å²) in [7, 11) is 0. The second kappa shape index (κ2) is 5.77. The molecule has 0 amide bonds. The largest absolute Gasteiger partial charge is 0.390 e. The number of halogens is 1. The molecule has 1 aromatic carbocycles. The molecule has 1 aromatic rings. The van der Waals surface area contributed by atoms with Crippen LogP contribution in [-0.2, 0) is 15.9 Å². The maximum absolute atomic E-state index is 9.98. The molecule has 1 N–H and O–H groups in total. The maximum Gasteiger partial charge on any atom is 0.107 e. The molecular formula is C12H15BrO3. The first-order valence-corrected chi connectivity index (χ1v) is 6.17. The summed E-state index contributed by atoms with van der Waals surface area (Å²) in [6.07, 6.45) is -0.0970. The average molecular weight is 287 g/mol. The van der Waals surface area contributed by atoms with Gasteiger partial charge in [0.15, 0.2) is 0 Å². The van der Waals surface area contributed by atoms with Crippen LogP contribution in [0.15, 0.2) is 28.7 Å². The van der Waals surface area contributed by atoms with Gasteiger partial charge >= 0.3 is 0 Å². The Morgan fingerprint density at radius 1 is 1.31 bits per heavy atom. The number of hydrogen-bond donors (Lipinski definition) is 1. The van der Waals surface area contributed by atoms with Gasteiger partial charge in [0.2, 0.25) is 0 Å². The van der Waals surface area contributed by atoms with Gasteiger partial charge in [-0.3, -0.25) is 0 Å². The highest BCUT2D eigenvalue weighted by Gasteiger charge is 2.23. The number of ether oxygens (including phenoxy) is 2. The smallest absolute Gasteiger partial charge is 0.107 e. The molecule has 0 spiro atoms. The van der Waals surface area contributed by atoms with E-state index in [1.54, 1.807) is 0 Å². The van der Waals surface area contributed by atoms with Crippen LogP contribution >= 0.6 is 15.9 Å². The quantitative estimate of drug-likeness (QED) is 0.921. The molecule has 1 aliphatic heterocycles. The molecule has 16 heavy (non-hydrogen) atoms. The molecule has 1 heterocycles. The first-order chi connectivity index (χ1) is 7.75. The lowest BCUT2D eigenvalue weighted by Crippen LogP contribution is -2.39. The fourth-order valence-electron chi connectivity index (χ4n) is 1.72. The topological polar surface area (TPSA) is 38.7 Å². The predicted octanol–water partition coefficient (Wildman–Crippen LogP) is 1.77. The van der Waals surface area contributed by atoms with Crippen molar-refractivity contribution in [1.29, 1.82) is 0 Å². The molecule has 2 atom stereocenters. The summed E-state index contributed by atoms with van der Waals surface area (Å²) >= 11 is 3.38. The monoisotopic (exact) mass is 286 g/mol. The van der Waals surface area contributed by atoms with Crippen LogP contribution in [0.2, 0.25) is 0 Å². The Morgan fingerprint density at radius 3 is 2.69 bits per heavy atom. The van der Waals surface area contributed by atoms with Gasteiger partial charge in [0, 0.05) is 10.9 Å². The van der Waals surface area contributed by atoms with Gasteiger partial charge in [-0.1, -0.05) is 28.1 Å². The van der Waals surface area contributed by atoms with E-state index in [9.17, 15) is 5.11 Å². The van der Waals surface area contributed by atoms with Crippen molar-refractivity contribution < 1.29 is 14.6 Å². The standard InChI is InChI=1S/C12H15BrO3/c13-10-3-1-9(2-4-10)7-11(14)12-8-15-5-6-16-12/h1-4,11-12,14H,5-8H2. The van der Waals surface area contributed by atoms with Crippen molar-refractivity contribution in [2.24, 2.45) is 0 Å². The van der Waals surface area contributed by atoms with Gasteiger partial charge < -0.3 is 14.6 Å². The van der Waals surface area contributed by atoms with E-state index in [2.05, 4.69) is 15.9 Å². The van der Waals surface area contributed by atoms with E-state index in [1.807, 2.05) is 24.3 Å². The van der Waals surface area contributed by atoms with Crippen LogP contribution in [0.1, 0.15) is 5.56 Å². The fraction of sp³-hybridized carbons (Fsp3) is 0.500. The van der Waals surface area contributed by atoms with Crippen molar-refractivity contribution >= 4 is 15.9 Å². The fourth-order valence-corrected chi connectivity index (χ4v) is 1.99. The van der Waals surface area contributed by atoms with E-state index in [0.29, 0.717) is 26.2 Å². The summed E-state index contributed by atoms with van der Waals surface area (Å²) in [6.45, 7) is 1.68. The average Bonchev–Trinajstić information content (AvgIpc) is 2.33. The minimum atomic E-state index is -0.499. The second-order valence-electron chi connectivity index (χ2n) is 3.88. The van der Waals surface area contributed by atoms with Crippen molar-refractivity contribution in [3.8, 4) is 0 Å². The predicted molar refractivity (Wildman–Crippen MR) is 64.4 cm³/mol. The summed E-state index contributed by atoms with van der Waals surface area (Å²) in [5.41, 5.74) is 1.10. The Labute approximate surface area is 104 Å². The van der Waals surface area contributed by atoms with Crippen molar-refractivity contribution in [3.05, 3.63) is 34.3 Å². The SMILES string of the molecule is OC(Cc1ccc(Br)cc1)C1COCCO1. The number of benzene rings is 1. The third-order valence-electron chi connectivity index (χ3n) is 2.63. The lowest BCUT2D eigenvalue weighted by atomic mass is 10.0. The highest BCUT2D eigenvalue weighted by Crippen LogP contribution is 2.15. The van der Waals surface area contributed by atoms with Gasteiger partial charge in [0.05, 0.1) is 25.9 Å². The molecule has 0 aliphatic carbocycles. The Balaban J connectivity index is 1.90. The molecule has 1 fully saturated rings. The Kier molecular flexibility index (Phi) is 4.35. The Morgan fingerprint density at radius 2 is 2.06 bits per heavy atom. The van der Waals surface area contributed by atoms with Crippen LogP contribution in [0.3, 0.4) is 0 Å². The summed E-state index contributed by atoms with van der Waals surface area (Å²) < 4.78 is 11.8. The van der Waals surface area contributed by atoms with E-state index in [1.165, 1.54) is 0 Å². The zero-order valence-electron chi connectivity index (χ0n) is 8.93. The second-order valence-corrected chi connectivity index (χ2v) is 4.80. The first-order valence-electron chi connectivity index (χ1n) is 5.37. The number of hydrogen-bond acceptors (Lipinski definition) is 3. The Bertz CT molecular complexity index is 320. The third kappa shape index (κ3) is 3.28. The summed E-state index contributed by atoms with van der Waals surface area (Å²) in [5.74, 6) is 0. The lowest BCUT2D eigenvalue weighted by molar-refractivity contribution is -0.131. The molecule has 1 aliphatic rings. The summed E-state index contributed by atoms with van der Waals surface area (Å²) in [4.78, 5) is 0. The van der Waals surface area contributed by atoms with Crippen molar-refractivity contribution in [3.63, 3.8) is 0 Å². The maximum atomic E-state index is 9.98. The van der Waals surface area contributed by atoms with Gasteiger partial charge in [-0.05, 0) is 17.7 Å². The van der Waals surface area contributed by atoms with Crippen molar-refractivity contribution in [1.82, 2.24) is 0 Å². The molecule has 1 saturated heterocycles. The molecule has 0 saturated carbocycles. The minimum Gasteiger partial charge on any atom is -0.390 e. The zero-order valence-corrected chi connectivity index (χ0v) is 10.5. The minimum absolute atomic E-state index is 0.197. The van der Waals surface area contributed by atoms with E-state index in [4.69, 9.17) is 9.47 Å². The molecule has 3 nitrogen and oxygen atoms in total. The van der Waals surface area contributed by atoms with E-state index in [0.717, 1.165) is 10.0 Å². The molecule has 2 unspecified atom stereocenters. The number of aliphatic hydroxyl groups excluding tert-OH is 1. The van der Waals surface area contributed by atoms with Gasteiger partial charge in [-0.15, -0.1) is 0 Å². The van der Waals surface area contributed by atoms with Crippen LogP contribution in [0.4, 0.5) is 0 Å². The summed E-state index contributed by atoms with van der Waals surface area (Å²) in [6, 6.07) is 7.94. The van der Waals surface area contributed by atoms with Crippen LogP contribution in [0, 0.1) is 0 Å². The van der Waals surface area contributed by atoms with Gasteiger partial charge in [0.25, 0.3) is 0 Å². The molecular weight excluding hydrogens is 272 g/mol. The molecule has 0 bridgehead atoms. The van der Waals surface area contributed by atoms with Gasteiger partial charge in [0.1, 0.15) is 6.10 Å². The summed E-state index contributed by atoms with van der Waals surface area (Å²) in [5, 5.41) is 9.98. The number of rotatable bonds is 3. The van der Waals surface area contributed by atoms with E-state index < -0.39 is 6.10 Å². The third-order valence-corrected chi connectivity index (χ3v) is 3.16. The normalized spacial score (nSPS) is 23.0. The zero-order chi connectivity index (χ0) is 11.4. The van der Waals surface area contributed by atoms with Crippen LogP contribution < -0.4 is 0 Å². The van der Waals surface area contributed by atoms with Gasteiger partial charge in [-0.25, -0.2) is 0 Å². The van der Waals surface area contributed by atoms with Crippen LogP contribution in [0.25, 0.3) is 0 Å². The van der Waals surface area contributed by atoms with E-state index >= 15 is 0 Å². The van der Waals surface area contributed by atoms with Crippen LogP contribution in [-0.4, -0.2) is 37.1 Å². The first kappa shape index (κ1) is 12.0. The number of aliphatic hydroxyl groups is 1. The molecule has 0 aromatic heterocycles. The molecule has 4 heteroatoms. The van der Waals surface area contributed by atoms with Crippen molar-refractivity contribution in [2.45, 2.75) is 18.6 Å². The highest BCUT2D eigenvalue weighted by atomic mass is 79.9. The Hall–Kier alpha value is -0.420. The molecule has 2 rings (SSSR count). The van der Waals surface area contributed by atoms with Crippen LogP contribution in [0.5, 0.6) is 0 Å². The van der Waals surface area contributed by atoms with Gasteiger partial charge in [-0.2, -0.15) is 0 Å². The van der Waals surface area contributed by atoms with Crippen molar-refractivity contribution in [2.75, 3.05) is 19.8 Å². The molecule has 88 valence electrons.